The van der Waals surface area contributed by atoms with E-state index in [1.54, 1.807) is 23.1 Å². The highest BCUT2D eigenvalue weighted by molar-refractivity contribution is 5.94. The van der Waals surface area contributed by atoms with Crippen molar-refractivity contribution in [3.63, 3.8) is 0 Å². The summed E-state index contributed by atoms with van der Waals surface area (Å²) in [4.78, 5) is 14.2. The number of carbonyl (C=O) groups excluding carboxylic acids is 1. The van der Waals surface area contributed by atoms with E-state index >= 15 is 0 Å². The molecular formula is C18H19FN2O2. The summed E-state index contributed by atoms with van der Waals surface area (Å²) < 4.78 is 18.7. The van der Waals surface area contributed by atoms with Crippen LogP contribution in [0, 0.1) is 5.82 Å². The van der Waals surface area contributed by atoms with E-state index in [0.29, 0.717) is 24.4 Å². The molecule has 2 aromatic rings. The van der Waals surface area contributed by atoms with Crippen molar-refractivity contribution >= 4 is 5.91 Å². The summed E-state index contributed by atoms with van der Waals surface area (Å²) >= 11 is 0. The number of carbonyl (C=O) groups is 1. The van der Waals surface area contributed by atoms with Crippen LogP contribution in [0.5, 0.6) is 5.75 Å². The van der Waals surface area contributed by atoms with Crippen LogP contribution in [0.1, 0.15) is 22.3 Å². The summed E-state index contributed by atoms with van der Waals surface area (Å²) in [5.74, 6) is 0.120. The molecule has 23 heavy (non-hydrogen) atoms. The number of halogens is 1. The SMILES string of the molecule is N[C@H]1CCN(C(=O)c2cccc(COc3cccc(F)c3)c2)C1. The smallest absolute Gasteiger partial charge is 0.253 e. The summed E-state index contributed by atoms with van der Waals surface area (Å²) in [6.45, 7) is 1.58. The quantitative estimate of drug-likeness (QED) is 0.943. The standard InChI is InChI=1S/C18H19FN2O2/c19-15-5-2-6-17(10-15)23-12-13-3-1-4-14(9-13)18(22)21-8-7-16(20)11-21/h1-6,9-10,16H,7-8,11-12,20H2/t16-/m0/s1. The molecule has 1 aliphatic rings. The van der Waals surface area contributed by atoms with Crippen molar-refractivity contribution in [2.75, 3.05) is 13.1 Å². The number of hydrogen-bond acceptors (Lipinski definition) is 3. The van der Waals surface area contributed by atoms with Gasteiger partial charge in [0, 0.05) is 30.8 Å². The zero-order valence-corrected chi connectivity index (χ0v) is 12.7. The molecule has 5 heteroatoms. The Morgan fingerprint density at radius 2 is 2.09 bits per heavy atom. The van der Waals surface area contributed by atoms with Gasteiger partial charge < -0.3 is 15.4 Å². The van der Waals surface area contributed by atoms with Crippen molar-refractivity contribution in [2.24, 2.45) is 5.73 Å². The Morgan fingerprint density at radius 3 is 2.83 bits per heavy atom. The van der Waals surface area contributed by atoms with E-state index in [0.717, 1.165) is 12.0 Å². The minimum absolute atomic E-state index is 0.00874. The second-order valence-corrected chi connectivity index (χ2v) is 5.75. The Balaban J connectivity index is 1.66. The molecule has 120 valence electrons. The van der Waals surface area contributed by atoms with Crippen molar-refractivity contribution in [1.29, 1.82) is 0 Å². The van der Waals surface area contributed by atoms with Crippen molar-refractivity contribution in [1.82, 2.24) is 4.90 Å². The number of amides is 1. The highest BCUT2D eigenvalue weighted by Crippen LogP contribution is 2.17. The maximum atomic E-state index is 13.1. The first-order valence-corrected chi connectivity index (χ1v) is 7.64. The zero-order valence-electron chi connectivity index (χ0n) is 12.7. The molecule has 0 saturated carbocycles. The van der Waals surface area contributed by atoms with Crippen LogP contribution >= 0.6 is 0 Å². The number of likely N-dealkylation sites (tertiary alicyclic amines) is 1. The van der Waals surface area contributed by atoms with Crippen LogP contribution < -0.4 is 10.5 Å². The predicted octanol–water partition coefficient (Wildman–Crippen LogP) is 2.58. The van der Waals surface area contributed by atoms with Gasteiger partial charge in [-0.25, -0.2) is 4.39 Å². The Bertz CT molecular complexity index is 705. The zero-order chi connectivity index (χ0) is 16.2. The molecule has 0 aromatic heterocycles. The maximum absolute atomic E-state index is 13.1. The lowest BCUT2D eigenvalue weighted by Crippen LogP contribution is -2.31. The minimum atomic E-state index is -0.336. The first kappa shape index (κ1) is 15.5. The van der Waals surface area contributed by atoms with Crippen LogP contribution in [-0.4, -0.2) is 29.9 Å². The van der Waals surface area contributed by atoms with E-state index in [4.69, 9.17) is 10.5 Å². The van der Waals surface area contributed by atoms with E-state index in [-0.39, 0.29) is 24.4 Å². The minimum Gasteiger partial charge on any atom is -0.489 e. The first-order chi connectivity index (χ1) is 11.1. The molecule has 0 unspecified atom stereocenters. The van der Waals surface area contributed by atoms with Gasteiger partial charge in [-0.2, -0.15) is 0 Å². The van der Waals surface area contributed by atoms with Crippen molar-refractivity contribution in [3.8, 4) is 5.75 Å². The van der Waals surface area contributed by atoms with E-state index in [2.05, 4.69) is 0 Å². The molecule has 0 aliphatic carbocycles. The second-order valence-electron chi connectivity index (χ2n) is 5.75. The molecule has 1 heterocycles. The van der Waals surface area contributed by atoms with Crippen molar-refractivity contribution in [3.05, 3.63) is 65.5 Å². The molecule has 1 saturated heterocycles. The number of rotatable bonds is 4. The van der Waals surface area contributed by atoms with Crippen LogP contribution in [0.2, 0.25) is 0 Å². The molecule has 0 bridgehead atoms. The summed E-state index contributed by atoms with van der Waals surface area (Å²) in [5, 5.41) is 0. The number of ether oxygens (including phenoxy) is 1. The fourth-order valence-corrected chi connectivity index (χ4v) is 2.67. The largest absolute Gasteiger partial charge is 0.489 e. The Morgan fingerprint density at radius 1 is 1.26 bits per heavy atom. The topological polar surface area (TPSA) is 55.6 Å². The fraction of sp³-hybridized carbons (Fsp3) is 0.278. The summed E-state index contributed by atoms with van der Waals surface area (Å²) in [6.07, 6.45) is 0.841. The van der Waals surface area contributed by atoms with Crippen LogP contribution in [0.25, 0.3) is 0 Å². The first-order valence-electron chi connectivity index (χ1n) is 7.64. The number of hydrogen-bond donors (Lipinski definition) is 1. The molecule has 3 rings (SSSR count). The average molecular weight is 314 g/mol. The Hall–Kier alpha value is -2.40. The number of nitrogens with two attached hydrogens (primary N) is 1. The van der Waals surface area contributed by atoms with Gasteiger partial charge in [-0.3, -0.25) is 4.79 Å². The lowest BCUT2D eigenvalue weighted by Gasteiger charge is -2.16. The van der Waals surface area contributed by atoms with Gasteiger partial charge in [0.2, 0.25) is 0 Å². The maximum Gasteiger partial charge on any atom is 0.253 e. The molecule has 0 radical (unpaired) electrons. The lowest BCUT2D eigenvalue weighted by molar-refractivity contribution is 0.0790. The summed E-state index contributed by atoms with van der Waals surface area (Å²) in [5.41, 5.74) is 7.34. The molecular weight excluding hydrogens is 295 g/mol. The van der Waals surface area contributed by atoms with Gasteiger partial charge in [0.15, 0.2) is 0 Å². The highest BCUT2D eigenvalue weighted by Gasteiger charge is 2.24. The molecule has 1 amide bonds. The van der Waals surface area contributed by atoms with Crippen LogP contribution in [0.4, 0.5) is 4.39 Å². The predicted molar refractivity (Wildman–Crippen MR) is 85.7 cm³/mol. The van der Waals surface area contributed by atoms with Crippen molar-refractivity contribution < 1.29 is 13.9 Å². The molecule has 2 aromatic carbocycles. The van der Waals surface area contributed by atoms with Gasteiger partial charge >= 0.3 is 0 Å². The second kappa shape index (κ2) is 6.79. The van der Waals surface area contributed by atoms with Crippen LogP contribution in [-0.2, 0) is 6.61 Å². The highest BCUT2D eigenvalue weighted by atomic mass is 19.1. The number of benzene rings is 2. The molecule has 2 N–H and O–H groups in total. The number of nitrogens with zero attached hydrogens (tertiary/aromatic N) is 1. The fourth-order valence-electron chi connectivity index (χ4n) is 2.67. The molecule has 1 atom stereocenters. The van der Waals surface area contributed by atoms with E-state index in [1.807, 2.05) is 18.2 Å². The third-order valence-electron chi connectivity index (χ3n) is 3.89. The Labute approximate surface area is 134 Å². The summed E-state index contributed by atoms with van der Waals surface area (Å²) in [6, 6.07) is 13.4. The van der Waals surface area contributed by atoms with Crippen LogP contribution in [0.3, 0.4) is 0 Å². The van der Waals surface area contributed by atoms with Gasteiger partial charge in [0.05, 0.1) is 0 Å². The molecule has 4 nitrogen and oxygen atoms in total. The normalized spacial score (nSPS) is 17.3. The third-order valence-corrected chi connectivity index (χ3v) is 3.89. The van der Waals surface area contributed by atoms with Crippen LogP contribution in [0.15, 0.2) is 48.5 Å². The van der Waals surface area contributed by atoms with Gasteiger partial charge in [-0.15, -0.1) is 0 Å². The molecule has 1 aliphatic heterocycles. The van der Waals surface area contributed by atoms with Gasteiger partial charge in [-0.05, 0) is 36.2 Å². The van der Waals surface area contributed by atoms with Gasteiger partial charge in [-0.1, -0.05) is 18.2 Å². The average Bonchev–Trinajstić information content (AvgIpc) is 2.99. The van der Waals surface area contributed by atoms with E-state index in [1.165, 1.54) is 12.1 Å². The van der Waals surface area contributed by atoms with Gasteiger partial charge in [0.1, 0.15) is 18.2 Å². The molecule has 1 fully saturated rings. The van der Waals surface area contributed by atoms with E-state index in [9.17, 15) is 9.18 Å². The van der Waals surface area contributed by atoms with Gasteiger partial charge in [0.25, 0.3) is 5.91 Å². The third kappa shape index (κ3) is 3.87. The lowest BCUT2D eigenvalue weighted by atomic mass is 10.1. The monoisotopic (exact) mass is 314 g/mol. The molecule has 0 spiro atoms. The Kier molecular flexibility index (Phi) is 4.57. The summed E-state index contributed by atoms with van der Waals surface area (Å²) in [7, 11) is 0. The van der Waals surface area contributed by atoms with Crippen molar-refractivity contribution in [2.45, 2.75) is 19.1 Å². The van der Waals surface area contributed by atoms with E-state index < -0.39 is 0 Å².